The fourth-order valence-electron chi connectivity index (χ4n) is 3.36. The first-order valence-corrected chi connectivity index (χ1v) is 8.63. The van der Waals surface area contributed by atoms with Crippen LogP contribution >= 0.6 is 12.6 Å². The number of thiol groups is 1. The predicted octanol–water partition coefficient (Wildman–Crippen LogP) is 3.38. The van der Waals surface area contributed by atoms with Crippen molar-refractivity contribution < 1.29 is 9.53 Å². The molecule has 0 saturated carbocycles. The third-order valence-corrected chi connectivity index (χ3v) is 5.19. The first-order chi connectivity index (χ1) is 9.71. The van der Waals surface area contributed by atoms with E-state index < -0.39 is 5.60 Å². The van der Waals surface area contributed by atoms with Gasteiger partial charge in [0.25, 0.3) is 0 Å². The lowest BCUT2D eigenvalue weighted by Gasteiger charge is -2.47. The van der Waals surface area contributed by atoms with Crippen LogP contribution in [-0.4, -0.2) is 53.0 Å². The molecule has 4 nitrogen and oxygen atoms in total. The van der Waals surface area contributed by atoms with Gasteiger partial charge in [0.15, 0.2) is 0 Å². The summed E-state index contributed by atoms with van der Waals surface area (Å²) in [6, 6.07) is 0. The number of amides is 1. The SMILES string of the molecule is CC(S)N1CCC2(CCN(C(=O)OC(C)(C)C)CC2)CC1. The molecule has 1 amide bonds. The Morgan fingerprint density at radius 2 is 1.57 bits per heavy atom. The van der Waals surface area contributed by atoms with Gasteiger partial charge >= 0.3 is 6.09 Å². The normalized spacial score (nSPS) is 24.9. The summed E-state index contributed by atoms with van der Waals surface area (Å²) < 4.78 is 5.47. The molecule has 2 fully saturated rings. The maximum Gasteiger partial charge on any atom is 0.410 e. The van der Waals surface area contributed by atoms with Crippen molar-refractivity contribution in [1.82, 2.24) is 9.80 Å². The highest BCUT2D eigenvalue weighted by Crippen LogP contribution is 2.41. The molecule has 2 heterocycles. The van der Waals surface area contributed by atoms with Crippen LogP contribution in [0.2, 0.25) is 0 Å². The molecule has 2 aliphatic rings. The van der Waals surface area contributed by atoms with Gasteiger partial charge in [0.1, 0.15) is 5.60 Å². The van der Waals surface area contributed by atoms with E-state index in [9.17, 15) is 4.79 Å². The molecule has 21 heavy (non-hydrogen) atoms. The smallest absolute Gasteiger partial charge is 0.410 e. The Hall–Kier alpha value is -0.420. The highest BCUT2D eigenvalue weighted by Gasteiger charge is 2.39. The number of ether oxygens (including phenoxy) is 1. The highest BCUT2D eigenvalue weighted by molar-refractivity contribution is 7.80. The number of rotatable bonds is 1. The minimum absolute atomic E-state index is 0.154. The van der Waals surface area contributed by atoms with Crippen molar-refractivity contribution in [1.29, 1.82) is 0 Å². The van der Waals surface area contributed by atoms with Gasteiger partial charge in [-0.2, -0.15) is 12.6 Å². The highest BCUT2D eigenvalue weighted by atomic mass is 32.1. The van der Waals surface area contributed by atoms with E-state index in [0.717, 1.165) is 39.0 Å². The van der Waals surface area contributed by atoms with E-state index >= 15 is 0 Å². The van der Waals surface area contributed by atoms with Crippen LogP contribution in [0.5, 0.6) is 0 Å². The number of nitrogens with zero attached hydrogens (tertiary/aromatic N) is 2. The standard InChI is InChI=1S/C16H30N2O2S/c1-13(21)17-9-5-16(6-10-17)7-11-18(12-8-16)14(19)20-15(2,3)4/h13,21H,5-12H2,1-4H3. The summed E-state index contributed by atoms with van der Waals surface area (Å²) in [6.45, 7) is 11.9. The van der Waals surface area contributed by atoms with Crippen molar-refractivity contribution >= 4 is 18.7 Å². The summed E-state index contributed by atoms with van der Waals surface area (Å²) in [5.74, 6) is 0. The zero-order chi connectivity index (χ0) is 15.7. The van der Waals surface area contributed by atoms with Crippen molar-refractivity contribution in [3.8, 4) is 0 Å². The van der Waals surface area contributed by atoms with Crippen molar-refractivity contribution in [2.24, 2.45) is 5.41 Å². The van der Waals surface area contributed by atoms with Gasteiger partial charge in [0.05, 0.1) is 0 Å². The monoisotopic (exact) mass is 314 g/mol. The maximum atomic E-state index is 12.1. The van der Waals surface area contributed by atoms with Gasteiger partial charge in [-0.3, -0.25) is 4.90 Å². The van der Waals surface area contributed by atoms with Crippen molar-refractivity contribution in [3.05, 3.63) is 0 Å². The topological polar surface area (TPSA) is 32.8 Å². The molecule has 0 aromatic rings. The summed E-state index contributed by atoms with van der Waals surface area (Å²) in [5, 5.41) is 0.351. The molecule has 2 rings (SSSR count). The fraction of sp³-hybridized carbons (Fsp3) is 0.938. The van der Waals surface area contributed by atoms with E-state index in [4.69, 9.17) is 4.74 Å². The van der Waals surface area contributed by atoms with Crippen LogP contribution < -0.4 is 0 Å². The largest absolute Gasteiger partial charge is 0.444 e. The van der Waals surface area contributed by atoms with Gasteiger partial charge in [-0.1, -0.05) is 0 Å². The Labute approximate surface area is 134 Å². The summed E-state index contributed by atoms with van der Waals surface area (Å²) in [7, 11) is 0. The number of piperidine rings is 2. The molecular weight excluding hydrogens is 284 g/mol. The molecule has 0 N–H and O–H groups in total. The second-order valence-corrected chi connectivity index (χ2v) is 8.38. The van der Waals surface area contributed by atoms with Gasteiger partial charge in [-0.05, 0) is 71.9 Å². The van der Waals surface area contributed by atoms with E-state index in [1.807, 2.05) is 25.7 Å². The Morgan fingerprint density at radius 3 is 2.00 bits per heavy atom. The van der Waals surface area contributed by atoms with Crippen molar-refractivity contribution in [3.63, 3.8) is 0 Å². The molecule has 0 aliphatic carbocycles. The number of carbonyl (C=O) groups is 1. The predicted molar refractivity (Wildman–Crippen MR) is 88.7 cm³/mol. The minimum Gasteiger partial charge on any atom is -0.444 e. The van der Waals surface area contributed by atoms with Crippen LogP contribution in [0.3, 0.4) is 0 Å². The molecule has 0 aromatic heterocycles. The van der Waals surface area contributed by atoms with Gasteiger partial charge in [0, 0.05) is 18.5 Å². The van der Waals surface area contributed by atoms with Crippen molar-refractivity contribution in [2.45, 2.75) is 64.4 Å². The minimum atomic E-state index is -0.403. The second kappa shape index (κ2) is 6.37. The summed E-state index contributed by atoms with van der Waals surface area (Å²) in [6.07, 6.45) is 4.54. The number of likely N-dealkylation sites (tertiary alicyclic amines) is 2. The van der Waals surface area contributed by atoms with E-state index in [2.05, 4.69) is 24.5 Å². The van der Waals surface area contributed by atoms with Crippen LogP contribution in [-0.2, 0) is 4.74 Å². The number of hydrogen-bond acceptors (Lipinski definition) is 4. The Balaban J connectivity index is 1.82. The average molecular weight is 314 g/mol. The zero-order valence-corrected chi connectivity index (χ0v) is 14.8. The molecule has 1 atom stereocenters. The quantitative estimate of drug-likeness (QED) is 0.753. The molecule has 2 aliphatic heterocycles. The lowest BCUT2D eigenvalue weighted by Crippen LogP contribution is -2.49. The first-order valence-electron chi connectivity index (χ1n) is 8.11. The Morgan fingerprint density at radius 1 is 1.10 bits per heavy atom. The average Bonchev–Trinajstić information content (AvgIpc) is 2.38. The first kappa shape index (κ1) is 16.9. The molecule has 122 valence electrons. The summed E-state index contributed by atoms with van der Waals surface area (Å²) in [4.78, 5) is 16.4. The lowest BCUT2D eigenvalue weighted by atomic mass is 9.71. The molecule has 0 bridgehead atoms. The van der Waals surface area contributed by atoms with E-state index in [-0.39, 0.29) is 6.09 Å². The van der Waals surface area contributed by atoms with Crippen molar-refractivity contribution in [2.75, 3.05) is 26.2 Å². The van der Waals surface area contributed by atoms with Crippen LogP contribution in [0.4, 0.5) is 4.79 Å². The lowest BCUT2D eigenvalue weighted by molar-refractivity contribution is -0.00280. The van der Waals surface area contributed by atoms with Gasteiger partial charge in [0.2, 0.25) is 0 Å². The van der Waals surface area contributed by atoms with Crippen LogP contribution in [0.1, 0.15) is 53.4 Å². The third kappa shape index (κ3) is 4.52. The van der Waals surface area contributed by atoms with Crippen LogP contribution in [0.15, 0.2) is 0 Å². The van der Waals surface area contributed by atoms with E-state index in [1.165, 1.54) is 12.8 Å². The van der Waals surface area contributed by atoms with Gasteiger partial charge in [-0.25, -0.2) is 4.79 Å². The summed E-state index contributed by atoms with van der Waals surface area (Å²) >= 11 is 4.53. The number of carbonyl (C=O) groups excluding carboxylic acids is 1. The van der Waals surface area contributed by atoms with Crippen LogP contribution in [0.25, 0.3) is 0 Å². The molecular formula is C16H30N2O2S. The summed E-state index contributed by atoms with van der Waals surface area (Å²) in [5.41, 5.74) is 0.0396. The molecule has 1 unspecified atom stereocenters. The molecule has 2 saturated heterocycles. The Kier molecular flexibility index (Phi) is 5.14. The molecule has 0 aromatic carbocycles. The second-order valence-electron chi connectivity index (χ2n) is 7.64. The van der Waals surface area contributed by atoms with Gasteiger partial charge in [-0.15, -0.1) is 0 Å². The number of hydrogen-bond donors (Lipinski definition) is 1. The molecule has 5 heteroatoms. The van der Waals surface area contributed by atoms with E-state index in [0.29, 0.717) is 10.8 Å². The fourth-order valence-corrected chi connectivity index (χ4v) is 3.59. The maximum absolute atomic E-state index is 12.1. The van der Waals surface area contributed by atoms with E-state index in [1.54, 1.807) is 0 Å². The van der Waals surface area contributed by atoms with Crippen LogP contribution in [0, 0.1) is 5.41 Å². The van der Waals surface area contributed by atoms with Gasteiger partial charge < -0.3 is 9.64 Å². The molecule has 1 spiro atoms. The Bertz CT molecular complexity index is 361. The molecule has 0 radical (unpaired) electrons. The zero-order valence-electron chi connectivity index (χ0n) is 13.9. The third-order valence-electron chi connectivity index (χ3n) is 4.86.